The normalized spacial score (nSPS) is 11.0. The molecule has 1 aromatic heterocycles. The third-order valence-corrected chi connectivity index (χ3v) is 4.58. The summed E-state index contributed by atoms with van der Waals surface area (Å²) in [6.07, 6.45) is 0. The molecule has 0 aliphatic heterocycles. The number of anilines is 1. The van der Waals surface area contributed by atoms with E-state index in [1.165, 1.54) is 0 Å². The Labute approximate surface area is 131 Å². The molecule has 0 saturated carbocycles. The molecule has 1 heterocycles. The molecule has 3 rings (SSSR count). The number of rotatable bonds is 3. The fourth-order valence-electron chi connectivity index (χ4n) is 2.40. The summed E-state index contributed by atoms with van der Waals surface area (Å²) >= 11 is 3.55. The summed E-state index contributed by atoms with van der Waals surface area (Å²) in [6.45, 7) is 2.41. The van der Waals surface area contributed by atoms with Crippen LogP contribution in [0, 0.1) is 6.92 Å². The van der Waals surface area contributed by atoms with E-state index in [1.807, 2.05) is 55.1 Å². The molecule has 0 saturated heterocycles. The van der Waals surface area contributed by atoms with Crippen LogP contribution in [0.4, 0.5) is 5.69 Å². The van der Waals surface area contributed by atoms with Gasteiger partial charge in [0.05, 0.1) is 15.9 Å². The average Bonchev–Trinajstić information content (AvgIpc) is 2.72. The smallest absolute Gasteiger partial charge is 0.131 e. The molecule has 0 spiro atoms. The molecule has 0 aliphatic rings. The van der Waals surface area contributed by atoms with Gasteiger partial charge in [0, 0.05) is 23.5 Å². The Hall–Kier alpha value is -2.01. The zero-order chi connectivity index (χ0) is 15.0. The van der Waals surface area contributed by atoms with E-state index < -0.39 is 0 Å². The van der Waals surface area contributed by atoms with Crippen LogP contribution in [-0.2, 0) is 13.7 Å². The van der Waals surface area contributed by atoms with Crippen LogP contribution in [-0.4, -0.2) is 9.78 Å². The molecule has 2 aromatic carbocycles. The van der Waals surface area contributed by atoms with Crippen molar-refractivity contribution in [1.82, 2.24) is 9.78 Å². The fraction of sp³-hybridized carbons (Fsp3) is 0.188. The molecule has 0 fully saturated rings. The molecule has 108 valence electrons. The van der Waals surface area contributed by atoms with Crippen LogP contribution in [0.2, 0.25) is 0 Å². The Kier molecular flexibility index (Phi) is 3.59. The third-order valence-electron chi connectivity index (χ3n) is 3.54. The van der Waals surface area contributed by atoms with Crippen molar-refractivity contribution in [2.24, 2.45) is 7.05 Å². The lowest BCUT2D eigenvalue weighted by Gasteiger charge is -2.11. The molecular weight excluding hydrogens is 330 g/mol. The Morgan fingerprint density at radius 3 is 2.57 bits per heavy atom. The second-order valence-corrected chi connectivity index (χ2v) is 5.75. The van der Waals surface area contributed by atoms with Crippen molar-refractivity contribution in [1.29, 1.82) is 0 Å². The molecule has 4 nitrogen and oxygen atoms in total. The van der Waals surface area contributed by atoms with E-state index in [-0.39, 0.29) is 0 Å². The minimum atomic E-state index is 0.450. The number of ether oxygens (including phenoxy) is 1. The van der Waals surface area contributed by atoms with Gasteiger partial charge in [-0.05, 0) is 35.0 Å². The molecule has 0 bridgehead atoms. The van der Waals surface area contributed by atoms with Gasteiger partial charge in [-0.1, -0.05) is 24.3 Å². The van der Waals surface area contributed by atoms with Crippen LogP contribution >= 0.6 is 15.9 Å². The van der Waals surface area contributed by atoms with Gasteiger partial charge in [-0.15, -0.1) is 0 Å². The molecule has 0 radical (unpaired) electrons. The van der Waals surface area contributed by atoms with Gasteiger partial charge < -0.3 is 10.5 Å². The molecule has 0 aliphatic carbocycles. The highest BCUT2D eigenvalue weighted by Crippen LogP contribution is 2.31. The van der Waals surface area contributed by atoms with Crippen LogP contribution in [0.3, 0.4) is 0 Å². The first-order chi connectivity index (χ1) is 10.1. The van der Waals surface area contributed by atoms with E-state index in [0.29, 0.717) is 6.61 Å². The van der Waals surface area contributed by atoms with Gasteiger partial charge in [0.15, 0.2) is 0 Å². The van der Waals surface area contributed by atoms with E-state index in [4.69, 9.17) is 10.5 Å². The van der Waals surface area contributed by atoms with Gasteiger partial charge in [-0.25, -0.2) is 0 Å². The van der Waals surface area contributed by atoms with E-state index in [9.17, 15) is 0 Å². The van der Waals surface area contributed by atoms with E-state index in [0.717, 1.165) is 38.1 Å². The van der Waals surface area contributed by atoms with E-state index in [2.05, 4.69) is 21.0 Å². The summed E-state index contributed by atoms with van der Waals surface area (Å²) in [5.74, 6) is 0.825. The number of aryl methyl sites for hydroxylation is 2. The Balaban J connectivity index is 1.94. The van der Waals surface area contributed by atoms with Crippen molar-refractivity contribution in [3.8, 4) is 5.75 Å². The minimum Gasteiger partial charge on any atom is -0.487 e. The molecule has 5 heteroatoms. The Morgan fingerprint density at radius 2 is 1.90 bits per heavy atom. The van der Waals surface area contributed by atoms with Gasteiger partial charge in [0.2, 0.25) is 0 Å². The molecular formula is C16H16BrN3O. The number of fused-ring (bicyclic) bond motifs is 1. The molecule has 0 unspecified atom stereocenters. The predicted octanol–water partition coefficient (Wildman–Crippen LogP) is 3.81. The fourth-order valence-corrected chi connectivity index (χ4v) is 2.85. The first-order valence-electron chi connectivity index (χ1n) is 6.66. The van der Waals surface area contributed by atoms with Crippen molar-refractivity contribution in [2.75, 3.05) is 5.73 Å². The average molecular weight is 346 g/mol. The second kappa shape index (κ2) is 5.41. The Bertz CT molecular complexity index is 811. The molecule has 21 heavy (non-hydrogen) atoms. The Morgan fingerprint density at radius 1 is 1.19 bits per heavy atom. The van der Waals surface area contributed by atoms with Crippen LogP contribution in [0.25, 0.3) is 10.8 Å². The van der Waals surface area contributed by atoms with Crippen molar-refractivity contribution in [3.05, 3.63) is 52.3 Å². The lowest BCUT2D eigenvalue weighted by Crippen LogP contribution is -2.04. The zero-order valence-electron chi connectivity index (χ0n) is 11.9. The summed E-state index contributed by atoms with van der Waals surface area (Å²) in [6, 6.07) is 11.8. The van der Waals surface area contributed by atoms with Crippen molar-refractivity contribution in [3.63, 3.8) is 0 Å². The van der Waals surface area contributed by atoms with E-state index in [1.54, 1.807) is 0 Å². The first-order valence-corrected chi connectivity index (χ1v) is 7.45. The summed E-state index contributed by atoms with van der Waals surface area (Å²) < 4.78 is 8.81. The van der Waals surface area contributed by atoms with Gasteiger partial charge in [0.1, 0.15) is 12.4 Å². The lowest BCUT2D eigenvalue weighted by molar-refractivity contribution is 0.297. The van der Waals surface area contributed by atoms with Crippen LogP contribution in [0.5, 0.6) is 5.75 Å². The first kappa shape index (κ1) is 13.9. The number of hydrogen-bond donors (Lipinski definition) is 1. The van der Waals surface area contributed by atoms with Gasteiger partial charge in [-0.2, -0.15) is 5.10 Å². The highest BCUT2D eigenvalue weighted by molar-refractivity contribution is 9.10. The molecule has 3 aromatic rings. The van der Waals surface area contributed by atoms with Gasteiger partial charge in [-0.3, -0.25) is 4.68 Å². The van der Waals surface area contributed by atoms with Gasteiger partial charge in [0.25, 0.3) is 0 Å². The van der Waals surface area contributed by atoms with Crippen molar-refractivity contribution < 1.29 is 4.74 Å². The SMILES string of the molecule is Cc1nn(C)c(COc2ccc(N)c3ccccc23)c1Br. The highest BCUT2D eigenvalue weighted by atomic mass is 79.9. The number of hydrogen-bond acceptors (Lipinski definition) is 3. The van der Waals surface area contributed by atoms with Gasteiger partial charge >= 0.3 is 0 Å². The topological polar surface area (TPSA) is 53.1 Å². The lowest BCUT2D eigenvalue weighted by atomic mass is 10.1. The maximum Gasteiger partial charge on any atom is 0.131 e. The molecule has 0 amide bonds. The number of nitrogen functional groups attached to an aromatic ring is 1. The summed E-state index contributed by atoms with van der Waals surface area (Å²) in [5.41, 5.74) is 8.73. The van der Waals surface area contributed by atoms with Crippen molar-refractivity contribution >= 4 is 32.4 Å². The second-order valence-electron chi connectivity index (χ2n) is 4.96. The summed E-state index contributed by atoms with van der Waals surface area (Å²) in [7, 11) is 1.91. The summed E-state index contributed by atoms with van der Waals surface area (Å²) in [5, 5.41) is 6.40. The molecule has 2 N–H and O–H groups in total. The minimum absolute atomic E-state index is 0.450. The predicted molar refractivity (Wildman–Crippen MR) is 88.3 cm³/mol. The number of aromatic nitrogens is 2. The number of benzene rings is 2. The molecule has 0 atom stereocenters. The monoisotopic (exact) mass is 345 g/mol. The number of halogens is 1. The standard InChI is InChI=1S/C16H16BrN3O/c1-10-16(17)14(20(2)19-10)9-21-15-8-7-13(18)11-5-3-4-6-12(11)15/h3-8H,9,18H2,1-2H3. The largest absolute Gasteiger partial charge is 0.487 e. The quantitative estimate of drug-likeness (QED) is 0.734. The number of nitrogens with two attached hydrogens (primary N) is 1. The third kappa shape index (κ3) is 2.49. The zero-order valence-corrected chi connectivity index (χ0v) is 13.5. The van der Waals surface area contributed by atoms with Crippen molar-refractivity contribution in [2.45, 2.75) is 13.5 Å². The van der Waals surface area contributed by atoms with Crippen LogP contribution in [0.15, 0.2) is 40.9 Å². The highest BCUT2D eigenvalue weighted by Gasteiger charge is 2.12. The van der Waals surface area contributed by atoms with E-state index >= 15 is 0 Å². The maximum absolute atomic E-state index is 6.01. The van der Waals surface area contributed by atoms with Crippen LogP contribution < -0.4 is 10.5 Å². The summed E-state index contributed by atoms with van der Waals surface area (Å²) in [4.78, 5) is 0. The maximum atomic E-state index is 6.01. The number of nitrogens with zero attached hydrogens (tertiary/aromatic N) is 2. The van der Waals surface area contributed by atoms with Crippen LogP contribution in [0.1, 0.15) is 11.4 Å².